The fraction of sp³-hybridized carbons (Fsp3) is 0. The van der Waals surface area contributed by atoms with Crippen LogP contribution < -0.4 is 0 Å². The minimum Gasteiger partial charge on any atom is -0.478 e. The third-order valence-electron chi connectivity index (χ3n) is 3.09. The number of halogens is 1. The number of carboxylic acid groups (broad SMARTS) is 1. The van der Waals surface area contributed by atoms with Gasteiger partial charge in [0.2, 0.25) is 0 Å². The zero-order valence-corrected chi connectivity index (χ0v) is 11.4. The van der Waals surface area contributed by atoms with E-state index >= 15 is 0 Å². The molecule has 0 saturated heterocycles. The highest BCUT2D eigenvalue weighted by atomic mass is 79.9. The maximum atomic E-state index is 11.2. The Hall–Kier alpha value is -2.07. The molecule has 0 aliphatic heterocycles. The quantitative estimate of drug-likeness (QED) is 0.741. The molecule has 0 aliphatic carbocycles. The first kappa shape index (κ1) is 12.0. The molecule has 0 aliphatic rings. The number of carboxylic acids is 1. The van der Waals surface area contributed by atoms with E-state index in [9.17, 15) is 9.90 Å². The van der Waals surface area contributed by atoms with E-state index in [4.69, 9.17) is 0 Å². The molecule has 0 atom stereocenters. The Balaban J connectivity index is 2.36. The SMILES string of the molecule is O=C(O)c1c[nH]cc1-c1cc(Br)cc2ccccc12. The van der Waals surface area contributed by atoms with Crippen molar-refractivity contribution in [1.82, 2.24) is 4.98 Å². The lowest BCUT2D eigenvalue weighted by Crippen LogP contribution is -1.96. The smallest absolute Gasteiger partial charge is 0.337 e. The molecule has 3 rings (SSSR count). The van der Waals surface area contributed by atoms with Gasteiger partial charge in [-0.05, 0) is 28.5 Å². The van der Waals surface area contributed by atoms with Gasteiger partial charge in [-0.15, -0.1) is 0 Å². The summed E-state index contributed by atoms with van der Waals surface area (Å²) in [4.78, 5) is 14.1. The average molecular weight is 316 g/mol. The summed E-state index contributed by atoms with van der Waals surface area (Å²) in [6.07, 6.45) is 3.23. The van der Waals surface area contributed by atoms with Gasteiger partial charge in [0.15, 0.2) is 0 Å². The lowest BCUT2D eigenvalue weighted by atomic mass is 9.98. The number of H-pyrrole nitrogens is 1. The van der Waals surface area contributed by atoms with E-state index in [0.717, 1.165) is 20.8 Å². The van der Waals surface area contributed by atoms with E-state index in [1.165, 1.54) is 6.20 Å². The van der Waals surface area contributed by atoms with Crippen LogP contribution in [0.25, 0.3) is 21.9 Å². The van der Waals surface area contributed by atoms with Crippen molar-refractivity contribution in [1.29, 1.82) is 0 Å². The molecule has 1 heterocycles. The number of hydrogen-bond acceptors (Lipinski definition) is 1. The summed E-state index contributed by atoms with van der Waals surface area (Å²) < 4.78 is 0.929. The number of fused-ring (bicyclic) bond motifs is 1. The van der Waals surface area contributed by atoms with Gasteiger partial charge in [0, 0.05) is 22.4 Å². The van der Waals surface area contributed by atoms with Crippen LogP contribution in [-0.2, 0) is 0 Å². The largest absolute Gasteiger partial charge is 0.478 e. The van der Waals surface area contributed by atoms with Crippen molar-refractivity contribution in [3.8, 4) is 11.1 Å². The van der Waals surface area contributed by atoms with E-state index in [2.05, 4.69) is 20.9 Å². The first-order chi connectivity index (χ1) is 9.16. The first-order valence-corrected chi connectivity index (χ1v) is 6.55. The minimum absolute atomic E-state index is 0.281. The zero-order valence-electron chi connectivity index (χ0n) is 9.85. The molecule has 0 saturated carbocycles. The number of carbonyl (C=O) groups is 1. The maximum Gasteiger partial charge on any atom is 0.337 e. The van der Waals surface area contributed by atoms with Gasteiger partial charge in [0.25, 0.3) is 0 Å². The van der Waals surface area contributed by atoms with Crippen LogP contribution in [-0.4, -0.2) is 16.1 Å². The Bertz CT molecular complexity index is 777. The Kier molecular flexibility index (Phi) is 2.87. The molecule has 2 N–H and O–H groups in total. The molecule has 2 aromatic carbocycles. The highest BCUT2D eigenvalue weighted by molar-refractivity contribution is 9.10. The van der Waals surface area contributed by atoms with Crippen LogP contribution in [0.1, 0.15) is 10.4 Å². The topological polar surface area (TPSA) is 53.1 Å². The standard InChI is InChI=1S/C15H10BrNO2/c16-10-5-9-3-1-2-4-11(9)12(6-10)13-7-17-8-14(13)15(18)19/h1-8,17H,(H,18,19). The number of nitrogens with one attached hydrogen (secondary N) is 1. The molecule has 0 radical (unpaired) electrons. The number of rotatable bonds is 2. The van der Waals surface area contributed by atoms with E-state index in [1.807, 2.05) is 36.4 Å². The monoisotopic (exact) mass is 315 g/mol. The van der Waals surface area contributed by atoms with Gasteiger partial charge >= 0.3 is 5.97 Å². The number of aromatic amines is 1. The van der Waals surface area contributed by atoms with E-state index in [-0.39, 0.29) is 5.56 Å². The van der Waals surface area contributed by atoms with Crippen molar-refractivity contribution in [2.24, 2.45) is 0 Å². The first-order valence-electron chi connectivity index (χ1n) is 5.75. The second-order valence-corrected chi connectivity index (χ2v) is 5.18. The van der Waals surface area contributed by atoms with Gasteiger partial charge in [0.05, 0.1) is 5.56 Å². The lowest BCUT2D eigenvalue weighted by Gasteiger charge is -2.07. The normalized spacial score (nSPS) is 10.8. The molecule has 0 bridgehead atoms. The van der Waals surface area contributed by atoms with Crippen LogP contribution in [0.4, 0.5) is 0 Å². The van der Waals surface area contributed by atoms with Gasteiger partial charge in [-0.25, -0.2) is 4.79 Å². The summed E-state index contributed by atoms with van der Waals surface area (Å²) in [5.74, 6) is -0.930. The van der Waals surface area contributed by atoms with E-state index in [1.54, 1.807) is 6.20 Å². The Labute approximate surface area is 118 Å². The third-order valence-corrected chi connectivity index (χ3v) is 3.55. The lowest BCUT2D eigenvalue weighted by molar-refractivity contribution is 0.0698. The van der Waals surface area contributed by atoms with Crippen molar-refractivity contribution in [3.05, 3.63) is 58.8 Å². The molecule has 1 aromatic heterocycles. The summed E-state index contributed by atoms with van der Waals surface area (Å²) in [6.45, 7) is 0. The summed E-state index contributed by atoms with van der Waals surface area (Å²) >= 11 is 3.47. The molecule has 4 heteroatoms. The van der Waals surface area contributed by atoms with Gasteiger partial charge in [-0.3, -0.25) is 0 Å². The fourth-order valence-corrected chi connectivity index (χ4v) is 2.74. The summed E-state index contributed by atoms with van der Waals surface area (Å²) in [7, 11) is 0. The molecular weight excluding hydrogens is 306 g/mol. The van der Waals surface area contributed by atoms with Crippen LogP contribution in [0, 0.1) is 0 Å². The second kappa shape index (κ2) is 4.55. The molecule has 0 fully saturated rings. The third kappa shape index (κ3) is 2.04. The van der Waals surface area contributed by atoms with Crippen molar-refractivity contribution >= 4 is 32.7 Å². The predicted molar refractivity (Wildman–Crippen MR) is 78.4 cm³/mol. The van der Waals surface area contributed by atoms with Crippen molar-refractivity contribution in [3.63, 3.8) is 0 Å². The van der Waals surface area contributed by atoms with Gasteiger partial charge in [-0.1, -0.05) is 40.2 Å². The molecule has 0 unspecified atom stereocenters. The molecule has 0 spiro atoms. The number of aromatic carboxylic acids is 1. The van der Waals surface area contributed by atoms with Crippen LogP contribution in [0.15, 0.2) is 53.3 Å². The van der Waals surface area contributed by atoms with Crippen LogP contribution >= 0.6 is 15.9 Å². The van der Waals surface area contributed by atoms with Crippen LogP contribution in [0.3, 0.4) is 0 Å². The Morgan fingerprint density at radius 1 is 1.11 bits per heavy atom. The van der Waals surface area contributed by atoms with E-state index < -0.39 is 5.97 Å². The number of aromatic nitrogens is 1. The summed E-state index contributed by atoms with van der Waals surface area (Å²) in [5, 5.41) is 11.3. The van der Waals surface area contributed by atoms with Crippen LogP contribution in [0.2, 0.25) is 0 Å². The van der Waals surface area contributed by atoms with Gasteiger partial charge in [0.1, 0.15) is 0 Å². The van der Waals surface area contributed by atoms with Crippen molar-refractivity contribution in [2.75, 3.05) is 0 Å². The molecule has 3 aromatic rings. The maximum absolute atomic E-state index is 11.2. The number of hydrogen-bond donors (Lipinski definition) is 2. The van der Waals surface area contributed by atoms with E-state index in [0.29, 0.717) is 5.56 Å². The van der Waals surface area contributed by atoms with Crippen molar-refractivity contribution < 1.29 is 9.90 Å². The van der Waals surface area contributed by atoms with Gasteiger partial charge < -0.3 is 10.1 Å². The van der Waals surface area contributed by atoms with Crippen LogP contribution in [0.5, 0.6) is 0 Å². The summed E-state index contributed by atoms with van der Waals surface area (Å²) in [5.41, 5.74) is 1.89. The highest BCUT2D eigenvalue weighted by Gasteiger charge is 2.15. The molecule has 0 amide bonds. The fourth-order valence-electron chi connectivity index (χ4n) is 2.26. The molecule has 19 heavy (non-hydrogen) atoms. The average Bonchev–Trinajstić information content (AvgIpc) is 2.86. The molecule has 94 valence electrons. The van der Waals surface area contributed by atoms with Gasteiger partial charge in [-0.2, -0.15) is 0 Å². The molecule has 3 nitrogen and oxygen atoms in total. The minimum atomic E-state index is -0.930. The zero-order chi connectivity index (χ0) is 13.4. The Morgan fingerprint density at radius 2 is 1.89 bits per heavy atom. The van der Waals surface area contributed by atoms with Crippen molar-refractivity contribution in [2.45, 2.75) is 0 Å². The number of benzene rings is 2. The molecular formula is C15H10BrNO2. The summed E-state index contributed by atoms with van der Waals surface area (Å²) in [6, 6.07) is 11.9. The highest BCUT2D eigenvalue weighted by Crippen LogP contribution is 2.33. The second-order valence-electron chi connectivity index (χ2n) is 4.26. The Morgan fingerprint density at radius 3 is 2.68 bits per heavy atom. The predicted octanol–water partition coefficient (Wildman–Crippen LogP) is 4.30.